The fraction of sp³-hybridized carbons (Fsp3) is 0.381. The first-order valence-corrected chi connectivity index (χ1v) is 10.9. The molecule has 0 aromatic heterocycles. The summed E-state index contributed by atoms with van der Waals surface area (Å²) in [4.78, 5) is 16.7. The Labute approximate surface area is 173 Å². The molecule has 158 valence electrons. The average molecular weight is 420 g/mol. The molecule has 7 nitrogen and oxygen atoms in total. The third-order valence-corrected chi connectivity index (χ3v) is 5.85. The summed E-state index contributed by atoms with van der Waals surface area (Å²) in [6.45, 7) is 1.56. The monoisotopic (exact) mass is 419 g/mol. The fourth-order valence-corrected chi connectivity index (χ4v) is 3.88. The van der Waals surface area contributed by atoms with E-state index in [-0.39, 0.29) is 16.5 Å². The van der Waals surface area contributed by atoms with Crippen LogP contribution in [-0.2, 0) is 10.0 Å². The van der Waals surface area contributed by atoms with Crippen molar-refractivity contribution in [1.82, 2.24) is 9.80 Å². The minimum Gasteiger partial charge on any atom is -0.497 e. The first-order valence-electron chi connectivity index (χ1n) is 9.40. The van der Waals surface area contributed by atoms with E-state index in [1.54, 1.807) is 48.3 Å². The van der Waals surface area contributed by atoms with Crippen LogP contribution in [0.4, 0.5) is 5.69 Å². The minimum atomic E-state index is -3.83. The number of nitrogens with zero attached hydrogens (tertiary/aromatic N) is 2. The molecule has 0 spiro atoms. The van der Waals surface area contributed by atoms with Gasteiger partial charge in [-0.2, -0.15) is 0 Å². The fourth-order valence-electron chi connectivity index (χ4n) is 2.80. The standard InChI is InChI=1S/C21H29N3O4S/c1-23(2)15-7-8-16-24(3)21(25)19-9-5-6-10-20(19)22-29(26,27)18-13-11-17(28-4)12-14-18/h5-6,9-14,22H,7-8,15-16H2,1-4H3. The van der Waals surface area contributed by atoms with Crippen molar-refractivity contribution < 1.29 is 17.9 Å². The van der Waals surface area contributed by atoms with Gasteiger partial charge in [0.2, 0.25) is 0 Å². The smallest absolute Gasteiger partial charge is 0.261 e. The van der Waals surface area contributed by atoms with E-state index in [2.05, 4.69) is 9.62 Å². The van der Waals surface area contributed by atoms with Crippen LogP contribution in [0, 0.1) is 0 Å². The van der Waals surface area contributed by atoms with Gasteiger partial charge in [-0.05, 0) is 69.9 Å². The second-order valence-electron chi connectivity index (χ2n) is 7.06. The number of amides is 1. The van der Waals surface area contributed by atoms with Crippen molar-refractivity contribution in [2.75, 3.05) is 46.1 Å². The molecule has 0 fully saturated rings. The molecule has 0 saturated carbocycles. The second kappa shape index (κ2) is 10.3. The SMILES string of the molecule is COc1ccc(S(=O)(=O)Nc2ccccc2C(=O)N(C)CCCCN(C)C)cc1. The predicted octanol–water partition coefficient (Wildman–Crippen LogP) is 2.91. The highest BCUT2D eigenvalue weighted by molar-refractivity contribution is 7.92. The number of methoxy groups -OCH3 is 1. The van der Waals surface area contributed by atoms with Gasteiger partial charge in [0.25, 0.3) is 15.9 Å². The number of carbonyl (C=O) groups excluding carboxylic acids is 1. The summed E-state index contributed by atoms with van der Waals surface area (Å²) in [5.41, 5.74) is 0.577. The molecule has 0 radical (unpaired) electrons. The lowest BCUT2D eigenvalue weighted by Crippen LogP contribution is -2.29. The Hall–Kier alpha value is -2.58. The molecule has 0 aliphatic heterocycles. The molecule has 2 rings (SSSR count). The van der Waals surface area contributed by atoms with Gasteiger partial charge >= 0.3 is 0 Å². The number of hydrogen-bond acceptors (Lipinski definition) is 5. The van der Waals surface area contributed by atoms with Crippen molar-refractivity contribution in [1.29, 1.82) is 0 Å². The maximum Gasteiger partial charge on any atom is 0.261 e. The summed E-state index contributed by atoms with van der Waals surface area (Å²) in [5, 5.41) is 0. The number of anilines is 1. The largest absolute Gasteiger partial charge is 0.497 e. The average Bonchev–Trinajstić information content (AvgIpc) is 2.70. The number of carbonyl (C=O) groups is 1. The van der Waals surface area contributed by atoms with E-state index >= 15 is 0 Å². The van der Waals surface area contributed by atoms with Crippen LogP contribution in [0.25, 0.3) is 0 Å². The first-order chi connectivity index (χ1) is 13.7. The number of rotatable bonds is 10. The van der Waals surface area contributed by atoms with E-state index in [0.717, 1.165) is 19.4 Å². The lowest BCUT2D eigenvalue weighted by molar-refractivity contribution is 0.0793. The van der Waals surface area contributed by atoms with Gasteiger partial charge in [-0.1, -0.05) is 12.1 Å². The Morgan fingerprint density at radius 3 is 2.21 bits per heavy atom. The van der Waals surface area contributed by atoms with E-state index in [1.165, 1.54) is 19.2 Å². The molecule has 0 aliphatic carbocycles. The molecule has 29 heavy (non-hydrogen) atoms. The van der Waals surface area contributed by atoms with E-state index in [0.29, 0.717) is 17.9 Å². The van der Waals surface area contributed by atoms with Crippen LogP contribution in [0.15, 0.2) is 53.4 Å². The maximum atomic E-state index is 12.9. The van der Waals surface area contributed by atoms with E-state index in [1.807, 2.05) is 14.1 Å². The molecule has 0 saturated heterocycles. The molecular formula is C21H29N3O4S. The molecule has 1 N–H and O–H groups in total. The van der Waals surface area contributed by atoms with Crippen LogP contribution < -0.4 is 9.46 Å². The van der Waals surface area contributed by atoms with Crippen LogP contribution in [0.3, 0.4) is 0 Å². The molecule has 8 heteroatoms. The molecule has 2 aromatic rings. The Kier molecular flexibility index (Phi) is 8.04. The topological polar surface area (TPSA) is 78.9 Å². The van der Waals surface area contributed by atoms with Gasteiger partial charge in [0, 0.05) is 13.6 Å². The van der Waals surface area contributed by atoms with Crippen molar-refractivity contribution in [3.8, 4) is 5.75 Å². The van der Waals surface area contributed by atoms with Gasteiger partial charge in [0.1, 0.15) is 5.75 Å². The van der Waals surface area contributed by atoms with Crippen molar-refractivity contribution in [3.05, 3.63) is 54.1 Å². The van der Waals surface area contributed by atoms with Gasteiger partial charge in [0.15, 0.2) is 0 Å². The summed E-state index contributed by atoms with van der Waals surface area (Å²) in [6.07, 6.45) is 1.86. The normalized spacial score (nSPS) is 11.3. The minimum absolute atomic E-state index is 0.0950. The number of nitrogens with one attached hydrogen (secondary N) is 1. The quantitative estimate of drug-likeness (QED) is 0.599. The summed E-state index contributed by atoms with van der Waals surface area (Å²) >= 11 is 0. The number of para-hydroxylation sites is 1. The van der Waals surface area contributed by atoms with E-state index in [9.17, 15) is 13.2 Å². The summed E-state index contributed by atoms with van der Waals surface area (Å²) in [6, 6.07) is 12.7. The highest BCUT2D eigenvalue weighted by atomic mass is 32.2. The van der Waals surface area contributed by atoms with Gasteiger partial charge in [0.05, 0.1) is 23.3 Å². The molecule has 2 aromatic carbocycles. The van der Waals surface area contributed by atoms with Crippen LogP contribution in [-0.4, -0.2) is 65.5 Å². The Bertz CT molecular complexity index is 912. The number of benzene rings is 2. The molecule has 0 aliphatic rings. The maximum absolute atomic E-state index is 12.9. The Morgan fingerprint density at radius 2 is 1.59 bits per heavy atom. The van der Waals surface area contributed by atoms with Crippen molar-refractivity contribution in [3.63, 3.8) is 0 Å². The number of ether oxygens (including phenoxy) is 1. The van der Waals surface area contributed by atoms with Crippen LogP contribution in [0.1, 0.15) is 23.2 Å². The first kappa shape index (κ1) is 22.7. The number of unbranched alkanes of at least 4 members (excludes halogenated alkanes) is 1. The summed E-state index contributed by atoms with van der Waals surface area (Å²) in [5.74, 6) is 0.346. The van der Waals surface area contributed by atoms with Gasteiger partial charge in [-0.25, -0.2) is 8.42 Å². The van der Waals surface area contributed by atoms with E-state index < -0.39 is 10.0 Å². The molecule has 0 unspecified atom stereocenters. The molecule has 1 amide bonds. The highest BCUT2D eigenvalue weighted by Crippen LogP contribution is 2.23. The van der Waals surface area contributed by atoms with Crippen LogP contribution in [0.2, 0.25) is 0 Å². The summed E-state index contributed by atoms with van der Waals surface area (Å²) in [7, 11) is 3.44. The molecule has 0 atom stereocenters. The molecule has 0 bridgehead atoms. The molecular weight excluding hydrogens is 390 g/mol. The number of sulfonamides is 1. The zero-order valence-corrected chi connectivity index (χ0v) is 18.2. The van der Waals surface area contributed by atoms with E-state index in [4.69, 9.17) is 4.74 Å². The Morgan fingerprint density at radius 1 is 0.966 bits per heavy atom. The van der Waals surface area contributed by atoms with Crippen LogP contribution in [0.5, 0.6) is 5.75 Å². The third kappa shape index (κ3) is 6.47. The predicted molar refractivity (Wildman–Crippen MR) is 115 cm³/mol. The van der Waals surface area contributed by atoms with Crippen LogP contribution >= 0.6 is 0 Å². The Balaban J connectivity index is 2.13. The van der Waals surface area contributed by atoms with Gasteiger partial charge < -0.3 is 14.5 Å². The van der Waals surface area contributed by atoms with Gasteiger partial charge in [-0.15, -0.1) is 0 Å². The third-order valence-electron chi connectivity index (χ3n) is 4.47. The second-order valence-corrected chi connectivity index (χ2v) is 8.75. The van der Waals surface area contributed by atoms with Gasteiger partial charge in [-0.3, -0.25) is 9.52 Å². The lowest BCUT2D eigenvalue weighted by Gasteiger charge is -2.20. The lowest BCUT2D eigenvalue weighted by atomic mass is 10.1. The van der Waals surface area contributed by atoms with Crippen molar-refractivity contribution >= 4 is 21.6 Å². The zero-order chi connectivity index (χ0) is 21.4. The highest BCUT2D eigenvalue weighted by Gasteiger charge is 2.20. The van der Waals surface area contributed by atoms with Crippen molar-refractivity contribution in [2.45, 2.75) is 17.7 Å². The zero-order valence-electron chi connectivity index (χ0n) is 17.4. The number of hydrogen-bond donors (Lipinski definition) is 1. The molecule has 0 heterocycles. The van der Waals surface area contributed by atoms with Crippen molar-refractivity contribution in [2.24, 2.45) is 0 Å². The summed E-state index contributed by atoms with van der Waals surface area (Å²) < 4.78 is 33.1.